The fourth-order valence-corrected chi connectivity index (χ4v) is 3.53. The van der Waals surface area contributed by atoms with Crippen LogP contribution in [0.15, 0.2) is 18.3 Å². The monoisotopic (exact) mass is 277 g/mol. The van der Waals surface area contributed by atoms with Gasteiger partial charge in [0.2, 0.25) is 0 Å². The Bertz CT molecular complexity index is 605. The van der Waals surface area contributed by atoms with E-state index in [2.05, 4.69) is 10.1 Å². The quantitative estimate of drug-likeness (QED) is 0.803. The number of nitrogens with zero attached hydrogens (tertiary/aromatic N) is 3. The average molecular weight is 277 g/mol. The van der Waals surface area contributed by atoms with Crippen molar-refractivity contribution in [2.45, 2.75) is 24.5 Å². The SMILES string of the molecule is COC(=O)c1ccn2nc(CC3CCCS3)nc2c1. The third-order valence-electron chi connectivity index (χ3n) is 3.24. The molecule has 0 radical (unpaired) electrons. The van der Waals surface area contributed by atoms with Gasteiger partial charge in [0.1, 0.15) is 0 Å². The first-order chi connectivity index (χ1) is 9.26. The molecule has 100 valence electrons. The molecule has 0 amide bonds. The summed E-state index contributed by atoms with van der Waals surface area (Å²) in [6, 6.07) is 3.41. The zero-order chi connectivity index (χ0) is 13.2. The number of pyridine rings is 1. The second-order valence-electron chi connectivity index (χ2n) is 4.58. The molecule has 3 rings (SSSR count). The number of carbonyl (C=O) groups is 1. The van der Waals surface area contributed by atoms with Crippen molar-refractivity contribution in [2.24, 2.45) is 0 Å². The zero-order valence-electron chi connectivity index (χ0n) is 10.7. The van der Waals surface area contributed by atoms with Crippen LogP contribution in [0.5, 0.6) is 0 Å². The molecule has 2 aromatic rings. The van der Waals surface area contributed by atoms with Gasteiger partial charge < -0.3 is 4.74 Å². The van der Waals surface area contributed by atoms with Gasteiger partial charge in [0, 0.05) is 17.9 Å². The summed E-state index contributed by atoms with van der Waals surface area (Å²) in [6.07, 6.45) is 5.18. The summed E-state index contributed by atoms with van der Waals surface area (Å²) in [4.78, 5) is 15.9. The highest BCUT2D eigenvalue weighted by Gasteiger charge is 2.18. The van der Waals surface area contributed by atoms with Crippen molar-refractivity contribution in [3.63, 3.8) is 0 Å². The summed E-state index contributed by atoms with van der Waals surface area (Å²) in [5, 5.41) is 5.08. The predicted octanol–water partition coefficient (Wildman–Crippen LogP) is 1.95. The third kappa shape index (κ3) is 2.58. The van der Waals surface area contributed by atoms with Crippen molar-refractivity contribution >= 4 is 23.4 Å². The summed E-state index contributed by atoms with van der Waals surface area (Å²) in [5.74, 6) is 1.74. The maximum atomic E-state index is 11.5. The van der Waals surface area contributed by atoms with E-state index in [1.54, 1.807) is 22.8 Å². The Morgan fingerprint density at radius 3 is 3.26 bits per heavy atom. The number of hydrogen-bond donors (Lipinski definition) is 0. The van der Waals surface area contributed by atoms with Crippen molar-refractivity contribution in [3.05, 3.63) is 29.7 Å². The van der Waals surface area contributed by atoms with E-state index in [0.29, 0.717) is 16.5 Å². The van der Waals surface area contributed by atoms with Crippen LogP contribution < -0.4 is 0 Å². The van der Waals surface area contributed by atoms with Crippen LogP contribution in [0.4, 0.5) is 0 Å². The number of carbonyl (C=O) groups excluding carboxylic acids is 1. The summed E-state index contributed by atoms with van der Waals surface area (Å²) >= 11 is 2.00. The van der Waals surface area contributed by atoms with E-state index in [4.69, 9.17) is 4.74 Å². The van der Waals surface area contributed by atoms with Crippen molar-refractivity contribution in [1.82, 2.24) is 14.6 Å². The molecule has 19 heavy (non-hydrogen) atoms. The second-order valence-corrected chi connectivity index (χ2v) is 5.99. The number of rotatable bonds is 3. The average Bonchev–Trinajstić information content (AvgIpc) is 3.05. The Kier molecular flexibility index (Phi) is 3.42. The van der Waals surface area contributed by atoms with Crippen molar-refractivity contribution in [2.75, 3.05) is 12.9 Å². The molecule has 2 aromatic heterocycles. The molecule has 0 spiro atoms. The smallest absolute Gasteiger partial charge is 0.338 e. The van der Waals surface area contributed by atoms with Crippen LogP contribution in [0.25, 0.3) is 5.65 Å². The Morgan fingerprint density at radius 1 is 1.63 bits per heavy atom. The lowest BCUT2D eigenvalue weighted by molar-refractivity contribution is 0.0600. The van der Waals surface area contributed by atoms with Crippen molar-refractivity contribution < 1.29 is 9.53 Å². The lowest BCUT2D eigenvalue weighted by Crippen LogP contribution is -2.03. The van der Waals surface area contributed by atoms with Crippen LogP contribution in [0.1, 0.15) is 29.0 Å². The molecule has 1 atom stereocenters. The first-order valence-corrected chi connectivity index (χ1v) is 7.36. The van der Waals surface area contributed by atoms with E-state index in [-0.39, 0.29) is 5.97 Å². The molecule has 1 aliphatic rings. The van der Waals surface area contributed by atoms with Crippen molar-refractivity contribution in [3.8, 4) is 0 Å². The van der Waals surface area contributed by atoms with E-state index in [1.165, 1.54) is 25.7 Å². The Hall–Kier alpha value is -1.56. The molecule has 1 unspecified atom stereocenters. The number of esters is 1. The van der Waals surface area contributed by atoms with Crippen LogP contribution in [-0.4, -0.2) is 38.7 Å². The van der Waals surface area contributed by atoms with Gasteiger partial charge in [-0.2, -0.15) is 16.9 Å². The molecule has 1 aliphatic heterocycles. The molecular weight excluding hydrogens is 262 g/mol. The van der Waals surface area contributed by atoms with Crippen LogP contribution in [-0.2, 0) is 11.2 Å². The Balaban J connectivity index is 1.85. The highest BCUT2D eigenvalue weighted by molar-refractivity contribution is 8.00. The summed E-state index contributed by atoms with van der Waals surface area (Å²) in [7, 11) is 1.37. The molecule has 3 heterocycles. The first-order valence-electron chi connectivity index (χ1n) is 6.31. The molecule has 6 heteroatoms. The van der Waals surface area contributed by atoms with Crippen LogP contribution >= 0.6 is 11.8 Å². The Labute approximate surface area is 115 Å². The molecule has 0 aromatic carbocycles. The highest BCUT2D eigenvalue weighted by Crippen LogP contribution is 2.28. The first kappa shape index (κ1) is 12.5. The van der Waals surface area contributed by atoms with Crippen LogP contribution in [0.3, 0.4) is 0 Å². The fourth-order valence-electron chi connectivity index (χ4n) is 2.27. The van der Waals surface area contributed by atoms with E-state index in [1.807, 2.05) is 11.8 Å². The van der Waals surface area contributed by atoms with Gasteiger partial charge in [0.05, 0.1) is 12.7 Å². The van der Waals surface area contributed by atoms with E-state index >= 15 is 0 Å². The molecular formula is C13H15N3O2S. The number of fused-ring (bicyclic) bond motifs is 1. The fraction of sp³-hybridized carbons (Fsp3) is 0.462. The number of hydrogen-bond acceptors (Lipinski definition) is 5. The predicted molar refractivity (Wildman–Crippen MR) is 73.5 cm³/mol. The van der Waals surface area contributed by atoms with Gasteiger partial charge in [0.25, 0.3) is 0 Å². The van der Waals surface area contributed by atoms with Gasteiger partial charge in [-0.3, -0.25) is 0 Å². The second kappa shape index (κ2) is 5.21. The maximum absolute atomic E-state index is 11.5. The summed E-state index contributed by atoms with van der Waals surface area (Å²) in [5.41, 5.74) is 1.20. The molecule has 1 saturated heterocycles. The molecule has 1 fully saturated rings. The van der Waals surface area contributed by atoms with Crippen LogP contribution in [0.2, 0.25) is 0 Å². The summed E-state index contributed by atoms with van der Waals surface area (Å²) < 4.78 is 6.41. The van der Waals surface area contributed by atoms with E-state index < -0.39 is 0 Å². The van der Waals surface area contributed by atoms with E-state index in [9.17, 15) is 4.79 Å². The van der Waals surface area contributed by atoms with Gasteiger partial charge in [-0.05, 0) is 30.7 Å². The third-order valence-corrected chi connectivity index (χ3v) is 4.63. The minimum absolute atomic E-state index is 0.349. The lowest BCUT2D eigenvalue weighted by atomic mass is 10.2. The van der Waals surface area contributed by atoms with Gasteiger partial charge in [-0.25, -0.2) is 14.3 Å². The molecule has 0 bridgehead atoms. The Morgan fingerprint density at radius 2 is 2.53 bits per heavy atom. The minimum atomic E-state index is -0.349. The van der Waals surface area contributed by atoms with Crippen molar-refractivity contribution in [1.29, 1.82) is 0 Å². The number of aromatic nitrogens is 3. The number of thioether (sulfide) groups is 1. The maximum Gasteiger partial charge on any atom is 0.338 e. The van der Waals surface area contributed by atoms with E-state index in [0.717, 1.165) is 12.2 Å². The lowest BCUT2D eigenvalue weighted by Gasteiger charge is -2.02. The molecule has 0 saturated carbocycles. The highest BCUT2D eigenvalue weighted by atomic mass is 32.2. The van der Waals surface area contributed by atoms with Gasteiger partial charge >= 0.3 is 5.97 Å². The van der Waals surface area contributed by atoms with Gasteiger partial charge in [-0.1, -0.05) is 0 Å². The zero-order valence-corrected chi connectivity index (χ0v) is 11.5. The largest absolute Gasteiger partial charge is 0.465 e. The standard InChI is InChI=1S/C13H15N3O2S/c1-18-13(17)9-4-5-16-12(7-9)14-11(15-16)8-10-3-2-6-19-10/h4-5,7,10H,2-3,6,8H2,1H3. The topological polar surface area (TPSA) is 56.5 Å². The van der Waals surface area contributed by atoms with Crippen LogP contribution in [0, 0.1) is 0 Å². The number of ether oxygens (including phenoxy) is 1. The molecule has 0 N–H and O–H groups in total. The van der Waals surface area contributed by atoms with Gasteiger partial charge in [-0.15, -0.1) is 0 Å². The molecule has 5 nitrogen and oxygen atoms in total. The minimum Gasteiger partial charge on any atom is -0.465 e. The summed E-state index contributed by atoms with van der Waals surface area (Å²) in [6.45, 7) is 0. The number of methoxy groups -OCH3 is 1. The normalized spacial score (nSPS) is 18.9. The molecule has 0 aliphatic carbocycles. The van der Waals surface area contributed by atoms with Gasteiger partial charge in [0.15, 0.2) is 11.5 Å².